The van der Waals surface area contributed by atoms with Crippen molar-refractivity contribution in [2.45, 2.75) is 32.9 Å². The molecular formula is C16H19Cl2N5O2S. The molecule has 1 aliphatic heterocycles. The lowest BCUT2D eigenvalue weighted by Crippen LogP contribution is -2.25. The van der Waals surface area contributed by atoms with Crippen LogP contribution in [0, 0.1) is 6.92 Å². The minimum Gasteiger partial charge on any atom is -0.312 e. The SMILES string of the molecule is Cc1nc(CCn2cnc3sc4c(c3c2=O)CCNC4)cc(=O)[nH]1.Cl.Cl. The fourth-order valence-corrected chi connectivity index (χ4v) is 4.26. The molecule has 10 heteroatoms. The molecular weight excluding hydrogens is 397 g/mol. The summed E-state index contributed by atoms with van der Waals surface area (Å²) >= 11 is 1.60. The van der Waals surface area contributed by atoms with Gasteiger partial charge in [-0.2, -0.15) is 0 Å². The maximum atomic E-state index is 12.8. The van der Waals surface area contributed by atoms with Gasteiger partial charge in [-0.3, -0.25) is 14.2 Å². The number of H-pyrrole nitrogens is 1. The van der Waals surface area contributed by atoms with Crippen LogP contribution in [-0.4, -0.2) is 26.1 Å². The molecule has 0 atom stereocenters. The number of aromatic nitrogens is 4. The summed E-state index contributed by atoms with van der Waals surface area (Å²) in [5.41, 5.74) is 1.66. The van der Waals surface area contributed by atoms with E-state index in [0.717, 1.165) is 35.3 Å². The molecule has 2 N–H and O–H groups in total. The second-order valence-electron chi connectivity index (χ2n) is 5.93. The predicted molar refractivity (Wildman–Crippen MR) is 107 cm³/mol. The van der Waals surface area contributed by atoms with E-state index in [-0.39, 0.29) is 35.9 Å². The molecule has 1 aliphatic rings. The summed E-state index contributed by atoms with van der Waals surface area (Å²) < 4.78 is 1.62. The van der Waals surface area contributed by atoms with E-state index < -0.39 is 0 Å². The van der Waals surface area contributed by atoms with E-state index in [1.807, 2.05) is 0 Å². The third-order valence-electron chi connectivity index (χ3n) is 4.22. The van der Waals surface area contributed by atoms with Crippen molar-refractivity contribution in [3.8, 4) is 0 Å². The number of aryl methyl sites for hydroxylation is 3. The fourth-order valence-electron chi connectivity index (χ4n) is 3.11. The number of aromatic amines is 1. The van der Waals surface area contributed by atoms with Gasteiger partial charge in [-0.15, -0.1) is 36.2 Å². The molecule has 3 aromatic heterocycles. The third-order valence-corrected chi connectivity index (χ3v) is 5.36. The Bertz CT molecular complexity index is 1040. The first-order chi connectivity index (χ1) is 11.6. The summed E-state index contributed by atoms with van der Waals surface area (Å²) in [5.74, 6) is 0.581. The number of nitrogens with zero attached hydrogens (tertiary/aromatic N) is 3. The van der Waals surface area contributed by atoms with Crippen LogP contribution in [0.1, 0.15) is 22.0 Å². The summed E-state index contributed by atoms with van der Waals surface area (Å²) in [6, 6.07) is 1.47. The highest BCUT2D eigenvalue weighted by atomic mass is 35.5. The molecule has 7 nitrogen and oxygen atoms in total. The molecule has 0 spiro atoms. The van der Waals surface area contributed by atoms with Crippen molar-refractivity contribution in [2.24, 2.45) is 0 Å². The molecule has 0 saturated carbocycles. The second kappa shape index (κ2) is 8.30. The van der Waals surface area contributed by atoms with Crippen LogP contribution < -0.4 is 16.4 Å². The minimum absolute atomic E-state index is 0. The van der Waals surface area contributed by atoms with E-state index in [9.17, 15) is 9.59 Å². The molecule has 0 unspecified atom stereocenters. The monoisotopic (exact) mass is 415 g/mol. The van der Waals surface area contributed by atoms with Crippen molar-refractivity contribution >= 4 is 46.4 Å². The van der Waals surface area contributed by atoms with Crippen LogP contribution in [-0.2, 0) is 25.9 Å². The zero-order valence-electron chi connectivity index (χ0n) is 14.1. The molecule has 26 heavy (non-hydrogen) atoms. The molecule has 4 heterocycles. The van der Waals surface area contributed by atoms with Gasteiger partial charge in [-0.1, -0.05) is 0 Å². The Morgan fingerprint density at radius 2 is 2.12 bits per heavy atom. The number of fused-ring (bicyclic) bond motifs is 3. The van der Waals surface area contributed by atoms with Gasteiger partial charge >= 0.3 is 0 Å². The summed E-state index contributed by atoms with van der Waals surface area (Å²) in [4.78, 5) is 37.8. The van der Waals surface area contributed by atoms with E-state index in [0.29, 0.717) is 24.5 Å². The van der Waals surface area contributed by atoms with E-state index in [1.165, 1.54) is 10.9 Å². The lowest BCUT2D eigenvalue weighted by Gasteiger charge is -2.12. The highest BCUT2D eigenvalue weighted by molar-refractivity contribution is 7.18. The Morgan fingerprint density at radius 3 is 2.88 bits per heavy atom. The number of nitrogens with one attached hydrogen (secondary N) is 2. The quantitative estimate of drug-likeness (QED) is 0.677. The number of rotatable bonds is 3. The standard InChI is InChI=1S/C16H17N5O2S.2ClH/c1-9-19-10(6-13(22)20-9)3-5-21-8-18-15-14(16(21)23)11-2-4-17-7-12(11)24-15;;/h6,8,17H,2-5,7H2,1H3,(H,19,20,22);2*1H. The first-order valence-electron chi connectivity index (χ1n) is 7.89. The average molecular weight is 416 g/mol. The van der Waals surface area contributed by atoms with Gasteiger partial charge in [0, 0.05) is 36.1 Å². The summed E-state index contributed by atoms with van der Waals surface area (Å²) in [7, 11) is 0. The molecule has 0 aromatic carbocycles. The van der Waals surface area contributed by atoms with E-state index in [2.05, 4.69) is 20.3 Å². The van der Waals surface area contributed by atoms with Gasteiger partial charge in [-0.05, 0) is 25.5 Å². The Labute approximate surface area is 165 Å². The van der Waals surface area contributed by atoms with Crippen LogP contribution in [0.25, 0.3) is 10.2 Å². The van der Waals surface area contributed by atoms with Gasteiger partial charge in [0.2, 0.25) is 0 Å². The second-order valence-corrected chi connectivity index (χ2v) is 7.01. The summed E-state index contributed by atoms with van der Waals surface area (Å²) in [6.45, 7) is 3.91. The van der Waals surface area contributed by atoms with Crippen LogP contribution in [0.5, 0.6) is 0 Å². The molecule has 0 saturated heterocycles. The van der Waals surface area contributed by atoms with Gasteiger partial charge in [0.05, 0.1) is 11.7 Å². The molecule has 0 bridgehead atoms. The van der Waals surface area contributed by atoms with Gasteiger partial charge < -0.3 is 10.3 Å². The van der Waals surface area contributed by atoms with Crippen molar-refractivity contribution < 1.29 is 0 Å². The normalized spacial score (nSPS) is 13.0. The van der Waals surface area contributed by atoms with Crippen LogP contribution >= 0.6 is 36.2 Å². The maximum Gasteiger partial charge on any atom is 0.262 e. The zero-order valence-corrected chi connectivity index (χ0v) is 16.5. The van der Waals surface area contributed by atoms with E-state index in [4.69, 9.17) is 0 Å². The maximum absolute atomic E-state index is 12.8. The van der Waals surface area contributed by atoms with Gasteiger partial charge in [0.1, 0.15) is 10.7 Å². The van der Waals surface area contributed by atoms with Crippen LogP contribution in [0.2, 0.25) is 0 Å². The average Bonchev–Trinajstić information content (AvgIpc) is 2.92. The molecule has 0 amide bonds. The Balaban J connectivity index is 0.00000121. The first-order valence-corrected chi connectivity index (χ1v) is 8.71. The summed E-state index contributed by atoms with van der Waals surface area (Å²) in [5, 5.41) is 4.08. The van der Waals surface area contributed by atoms with Gasteiger partial charge in [0.15, 0.2) is 0 Å². The van der Waals surface area contributed by atoms with Crippen LogP contribution in [0.15, 0.2) is 22.0 Å². The highest BCUT2D eigenvalue weighted by Crippen LogP contribution is 2.29. The third kappa shape index (κ3) is 3.83. The number of halogens is 2. The first kappa shape index (κ1) is 20.6. The summed E-state index contributed by atoms with van der Waals surface area (Å²) in [6.07, 6.45) is 2.98. The Hall–Kier alpha value is -1.74. The largest absolute Gasteiger partial charge is 0.312 e. The number of hydrogen-bond donors (Lipinski definition) is 2. The van der Waals surface area contributed by atoms with Crippen molar-refractivity contribution in [1.29, 1.82) is 0 Å². The molecule has 3 aromatic rings. The number of thiophene rings is 1. The minimum atomic E-state index is -0.169. The molecule has 0 fully saturated rings. The number of hydrogen-bond acceptors (Lipinski definition) is 6. The van der Waals surface area contributed by atoms with Crippen molar-refractivity contribution in [1.82, 2.24) is 24.8 Å². The predicted octanol–water partition coefficient (Wildman–Crippen LogP) is 1.58. The van der Waals surface area contributed by atoms with Crippen molar-refractivity contribution in [2.75, 3.05) is 6.54 Å². The van der Waals surface area contributed by atoms with Crippen molar-refractivity contribution in [3.63, 3.8) is 0 Å². The molecule has 140 valence electrons. The van der Waals surface area contributed by atoms with Crippen molar-refractivity contribution in [3.05, 3.63) is 55.1 Å². The topological polar surface area (TPSA) is 92.7 Å². The lowest BCUT2D eigenvalue weighted by atomic mass is 10.1. The molecule has 4 rings (SSSR count). The van der Waals surface area contributed by atoms with E-state index in [1.54, 1.807) is 29.2 Å². The lowest BCUT2D eigenvalue weighted by molar-refractivity contribution is 0.644. The van der Waals surface area contributed by atoms with Crippen LogP contribution in [0.3, 0.4) is 0 Å². The Morgan fingerprint density at radius 1 is 1.31 bits per heavy atom. The van der Waals surface area contributed by atoms with Crippen LogP contribution in [0.4, 0.5) is 0 Å². The zero-order chi connectivity index (χ0) is 16.7. The molecule has 0 aliphatic carbocycles. The highest BCUT2D eigenvalue weighted by Gasteiger charge is 2.19. The van der Waals surface area contributed by atoms with E-state index >= 15 is 0 Å². The fraction of sp³-hybridized carbons (Fsp3) is 0.375. The van der Waals surface area contributed by atoms with Gasteiger partial charge in [-0.25, -0.2) is 9.97 Å². The smallest absolute Gasteiger partial charge is 0.262 e. The molecule has 0 radical (unpaired) electrons. The van der Waals surface area contributed by atoms with Gasteiger partial charge in [0.25, 0.3) is 11.1 Å². The Kier molecular flexibility index (Phi) is 6.57.